The van der Waals surface area contributed by atoms with E-state index in [1.54, 1.807) is 6.92 Å². The van der Waals surface area contributed by atoms with E-state index in [0.717, 1.165) is 0 Å². The molecule has 0 spiro atoms. The minimum Gasteiger partial charge on any atom is -0.346 e. The number of hydrogen-bond acceptors (Lipinski definition) is 0. The van der Waals surface area contributed by atoms with Gasteiger partial charge < -0.3 is 6.92 Å². The molecule has 0 aliphatic carbocycles. The first-order valence-electron chi connectivity index (χ1n) is 1.52. The fourth-order valence-electron chi connectivity index (χ4n) is 0. The maximum absolute atomic E-state index is 3.25. The van der Waals surface area contributed by atoms with E-state index in [-0.39, 0.29) is 16.5 Å². The van der Waals surface area contributed by atoms with E-state index >= 15 is 0 Å². The molecule has 0 saturated heterocycles. The molecule has 0 aromatic heterocycles. The molecule has 0 heterocycles. The van der Waals surface area contributed by atoms with Gasteiger partial charge in [0, 0.05) is 0 Å². The normalized spacial score (nSPS) is 3.00. The Labute approximate surface area is 50.6 Å². The molecule has 40 valence electrons. The van der Waals surface area contributed by atoms with Gasteiger partial charge in [0.15, 0.2) is 0 Å². The van der Waals surface area contributed by atoms with Gasteiger partial charge in [0.2, 0.25) is 0 Å². The van der Waals surface area contributed by atoms with Gasteiger partial charge in [-0.1, -0.05) is 0 Å². The number of allylic oxidation sites excluding steroid dienone is 1. The van der Waals surface area contributed by atoms with E-state index in [9.17, 15) is 0 Å². The van der Waals surface area contributed by atoms with Gasteiger partial charge in [-0.25, -0.2) is 19.6 Å². The molecule has 6 heavy (non-hydrogen) atoms. The summed E-state index contributed by atoms with van der Waals surface area (Å²) in [4.78, 5) is 0. The smallest absolute Gasteiger partial charge is 0.346 e. The van der Waals surface area contributed by atoms with Crippen LogP contribution in [0.15, 0.2) is 12.7 Å². The summed E-state index contributed by atoms with van der Waals surface area (Å²) in [6, 6.07) is 0. The van der Waals surface area contributed by atoms with Crippen molar-refractivity contribution in [3.8, 4) is 0 Å². The molecule has 0 amide bonds. The summed E-state index contributed by atoms with van der Waals surface area (Å²) in [5.41, 5.74) is 0. The SMILES string of the molecule is C=C[CH2-].[CH2-]C.[Ni+2]. The molecule has 0 bridgehead atoms. The Morgan fingerprint density at radius 3 is 1.50 bits per heavy atom. The summed E-state index contributed by atoms with van der Waals surface area (Å²) in [5.74, 6) is 0. The first-order valence-corrected chi connectivity index (χ1v) is 1.52. The molecule has 1 heteroatoms. The predicted octanol–water partition coefficient (Wildman–Crippen LogP) is 1.84. The second kappa shape index (κ2) is 70.6. The van der Waals surface area contributed by atoms with E-state index < -0.39 is 0 Å². The second-order valence-electron chi connectivity index (χ2n) is 0.289. The molecular weight excluding hydrogens is 119 g/mol. The molecule has 0 unspecified atom stereocenters. The molecule has 0 aliphatic heterocycles. The molecule has 0 saturated carbocycles. The van der Waals surface area contributed by atoms with Crippen LogP contribution >= 0.6 is 0 Å². The molecule has 0 N–H and O–H groups in total. The van der Waals surface area contributed by atoms with E-state index in [1.165, 1.54) is 6.08 Å². The Morgan fingerprint density at radius 2 is 1.50 bits per heavy atom. The molecule has 0 fully saturated rings. The van der Waals surface area contributed by atoms with Crippen molar-refractivity contribution in [1.29, 1.82) is 0 Å². The Kier molecular flexibility index (Phi) is 194. The molecule has 0 nitrogen and oxygen atoms in total. The average molecular weight is 129 g/mol. The zero-order valence-corrected chi connectivity index (χ0v) is 5.00. The van der Waals surface area contributed by atoms with Crippen LogP contribution in [0.2, 0.25) is 0 Å². The van der Waals surface area contributed by atoms with Crippen LogP contribution in [0.1, 0.15) is 6.92 Å². The molecule has 0 radical (unpaired) electrons. The molecule has 0 atom stereocenters. The third kappa shape index (κ3) is 3690. The van der Waals surface area contributed by atoms with Gasteiger partial charge in [-0.2, -0.15) is 6.92 Å². The van der Waals surface area contributed by atoms with Crippen LogP contribution in [-0.4, -0.2) is 0 Å². The van der Waals surface area contributed by atoms with Gasteiger partial charge >= 0.3 is 16.5 Å². The molecule has 0 rings (SSSR count). The molecular formula is C5H10Ni. The van der Waals surface area contributed by atoms with E-state index in [4.69, 9.17) is 0 Å². The largest absolute Gasteiger partial charge is 2.00 e. The van der Waals surface area contributed by atoms with Crippen molar-refractivity contribution in [3.05, 3.63) is 26.5 Å². The van der Waals surface area contributed by atoms with Crippen LogP contribution in [0.5, 0.6) is 0 Å². The van der Waals surface area contributed by atoms with Crippen molar-refractivity contribution in [2.75, 3.05) is 0 Å². The summed E-state index contributed by atoms with van der Waals surface area (Å²) in [6.45, 7) is 11.5. The third-order valence-corrected chi connectivity index (χ3v) is 0. The summed E-state index contributed by atoms with van der Waals surface area (Å²) in [7, 11) is 0. The average Bonchev–Trinajstić information content (AvgIpc) is 1.46. The topological polar surface area (TPSA) is 0 Å². The van der Waals surface area contributed by atoms with Crippen molar-refractivity contribution in [1.82, 2.24) is 0 Å². The van der Waals surface area contributed by atoms with Gasteiger partial charge in [0.05, 0.1) is 0 Å². The van der Waals surface area contributed by atoms with Crippen molar-refractivity contribution in [2.24, 2.45) is 0 Å². The van der Waals surface area contributed by atoms with Gasteiger partial charge in [-0.3, -0.25) is 0 Å². The van der Waals surface area contributed by atoms with Gasteiger partial charge in [-0.15, -0.1) is 0 Å². The third-order valence-electron chi connectivity index (χ3n) is 0. The Balaban J connectivity index is -0.0000000275. The fraction of sp³-hybridized carbons (Fsp3) is 0.200. The standard InChI is InChI=1S/C3H5.C2H5.Ni/c1-3-2;1-2;/h3H,1-2H2;1H2,2H3;/q2*-1;+2. The van der Waals surface area contributed by atoms with Crippen LogP contribution in [0.4, 0.5) is 0 Å². The van der Waals surface area contributed by atoms with Gasteiger partial charge in [-0.05, 0) is 0 Å². The van der Waals surface area contributed by atoms with Gasteiger partial charge in [0.1, 0.15) is 0 Å². The number of rotatable bonds is 0. The predicted molar refractivity (Wildman–Crippen MR) is 26.6 cm³/mol. The summed E-state index contributed by atoms with van der Waals surface area (Å²) in [5, 5.41) is 0. The zero-order valence-electron chi connectivity index (χ0n) is 4.01. The molecule has 0 aliphatic rings. The molecule has 0 aromatic rings. The molecule has 0 aromatic carbocycles. The van der Waals surface area contributed by atoms with Crippen LogP contribution in [0, 0.1) is 13.8 Å². The van der Waals surface area contributed by atoms with Gasteiger partial charge in [0.25, 0.3) is 0 Å². The Morgan fingerprint density at radius 1 is 1.50 bits per heavy atom. The van der Waals surface area contributed by atoms with E-state index in [2.05, 4.69) is 20.4 Å². The Hall–Kier alpha value is 0.104. The first kappa shape index (κ1) is 16.5. The van der Waals surface area contributed by atoms with E-state index in [0.29, 0.717) is 0 Å². The zero-order chi connectivity index (χ0) is 4.71. The second-order valence-corrected chi connectivity index (χ2v) is 0.289. The Bertz CT molecular complexity index is 11.4. The van der Waals surface area contributed by atoms with Crippen LogP contribution in [-0.2, 0) is 16.5 Å². The minimum absolute atomic E-state index is 0. The number of hydrogen-bond donors (Lipinski definition) is 0. The van der Waals surface area contributed by atoms with Crippen molar-refractivity contribution in [3.63, 3.8) is 0 Å². The van der Waals surface area contributed by atoms with Crippen molar-refractivity contribution >= 4 is 0 Å². The van der Waals surface area contributed by atoms with Crippen LogP contribution < -0.4 is 0 Å². The summed E-state index contributed by atoms with van der Waals surface area (Å²) >= 11 is 0. The van der Waals surface area contributed by atoms with Crippen LogP contribution in [0.25, 0.3) is 0 Å². The van der Waals surface area contributed by atoms with E-state index in [1.807, 2.05) is 0 Å². The van der Waals surface area contributed by atoms with Crippen molar-refractivity contribution in [2.45, 2.75) is 6.92 Å². The quantitative estimate of drug-likeness (QED) is 0.345. The summed E-state index contributed by atoms with van der Waals surface area (Å²) < 4.78 is 0. The first-order chi connectivity index (χ1) is 2.41. The monoisotopic (exact) mass is 128 g/mol. The summed E-state index contributed by atoms with van der Waals surface area (Å²) in [6.07, 6.45) is 1.50. The van der Waals surface area contributed by atoms with Crippen LogP contribution in [0.3, 0.4) is 0 Å². The minimum atomic E-state index is 0. The maximum atomic E-state index is 3.25. The fourth-order valence-corrected chi connectivity index (χ4v) is 0. The van der Waals surface area contributed by atoms with Crippen molar-refractivity contribution < 1.29 is 16.5 Å². The maximum Gasteiger partial charge on any atom is 2.00 e.